The van der Waals surface area contributed by atoms with Crippen molar-refractivity contribution in [2.45, 2.75) is 185 Å². The van der Waals surface area contributed by atoms with E-state index in [0.29, 0.717) is 6.42 Å². The number of esters is 1. The van der Waals surface area contributed by atoms with E-state index >= 15 is 0 Å². The van der Waals surface area contributed by atoms with Crippen LogP contribution in [0.25, 0.3) is 0 Å². The van der Waals surface area contributed by atoms with Gasteiger partial charge in [0.25, 0.3) is 0 Å². The van der Waals surface area contributed by atoms with Gasteiger partial charge in [-0.2, -0.15) is 0 Å². The summed E-state index contributed by atoms with van der Waals surface area (Å²) in [6.45, 7) is 17.2. The first kappa shape index (κ1) is 42.7. The molecule has 2 bridgehead atoms. The molecule has 298 valence electrons. The van der Waals surface area contributed by atoms with Crippen LogP contribution in [-0.4, -0.2) is 148 Å². The van der Waals surface area contributed by atoms with E-state index in [1.807, 2.05) is 32.8 Å². The second-order valence-corrected chi connectivity index (χ2v) is 16.9. The average molecular weight is 734 g/mol. The third-order valence-electron chi connectivity index (χ3n) is 12.6. The maximum absolute atomic E-state index is 14.2. The molecule has 4 rings (SSSR count). The Labute approximate surface area is 304 Å². The molecule has 14 nitrogen and oxygen atoms in total. The van der Waals surface area contributed by atoms with Crippen molar-refractivity contribution in [2.75, 3.05) is 21.2 Å². The highest BCUT2D eigenvalue weighted by molar-refractivity contribution is 5.73. The van der Waals surface area contributed by atoms with Gasteiger partial charge in [0.15, 0.2) is 18.4 Å². The first-order valence-electron chi connectivity index (χ1n) is 18.7. The van der Waals surface area contributed by atoms with Crippen LogP contribution in [0.5, 0.6) is 0 Å². The minimum Gasteiger partial charge on any atom is -0.459 e. The van der Waals surface area contributed by atoms with Crippen LogP contribution in [0, 0.1) is 23.7 Å². The third-order valence-corrected chi connectivity index (χ3v) is 12.6. The molecule has 14 heteroatoms. The lowest BCUT2D eigenvalue weighted by Gasteiger charge is -2.49. The zero-order chi connectivity index (χ0) is 38.6. The number of rotatable bonds is 7. The predicted octanol–water partition coefficient (Wildman–Crippen LogP) is 1.94. The lowest BCUT2D eigenvalue weighted by molar-refractivity contribution is -0.320. The van der Waals surface area contributed by atoms with Crippen LogP contribution in [0.4, 0.5) is 0 Å². The molecule has 5 N–H and O–H groups in total. The van der Waals surface area contributed by atoms with Crippen molar-refractivity contribution in [2.24, 2.45) is 23.7 Å². The number of likely N-dealkylation sites (N-methyl/N-ethyl adjacent to an activating group) is 1. The van der Waals surface area contributed by atoms with E-state index in [1.54, 1.807) is 55.4 Å². The van der Waals surface area contributed by atoms with Gasteiger partial charge in [0, 0.05) is 37.3 Å². The maximum atomic E-state index is 14.2. The maximum Gasteiger partial charge on any atom is 0.311 e. The van der Waals surface area contributed by atoms with Gasteiger partial charge in [-0.25, -0.2) is 0 Å². The molecule has 4 saturated heterocycles. The van der Waals surface area contributed by atoms with E-state index in [2.05, 4.69) is 0 Å². The highest BCUT2D eigenvalue weighted by Crippen LogP contribution is 2.51. The number of nitrogens with zero attached hydrogens (tertiary/aromatic N) is 1. The van der Waals surface area contributed by atoms with E-state index in [-0.39, 0.29) is 31.4 Å². The smallest absolute Gasteiger partial charge is 0.311 e. The second-order valence-electron chi connectivity index (χ2n) is 16.9. The van der Waals surface area contributed by atoms with Gasteiger partial charge >= 0.3 is 5.97 Å². The molecule has 4 fully saturated rings. The zero-order valence-electron chi connectivity index (χ0n) is 32.9. The summed E-state index contributed by atoms with van der Waals surface area (Å²) in [5.74, 6) is -5.91. The number of hydrogen-bond acceptors (Lipinski definition) is 14. The van der Waals surface area contributed by atoms with Crippen LogP contribution >= 0.6 is 0 Å². The molecule has 51 heavy (non-hydrogen) atoms. The lowest BCUT2D eigenvalue weighted by Crippen LogP contribution is -2.61. The Morgan fingerprint density at radius 2 is 1.55 bits per heavy atom. The molecular formula is C37H67NO13. The van der Waals surface area contributed by atoms with Crippen LogP contribution in [0.1, 0.15) is 94.9 Å². The Morgan fingerprint density at radius 1 is 0.922 bits per heavy atom. The van der Waals surface area contributed by atoms with Crippen LogP contribution in [0.3, 0.4) is 0 Å². The standard InChI is InChI=1S/C37H67NO13/c1-14-25-36(10)29(40)22(6)37(44,51-36)18(2)16-34(8,43)31(50-33-27(39)24(38(11)12)15-19(3)46-33)20(4)28(21(5)32(42)48-25)49-26-17-35(9,45-13)30(41)23(7)47-26/h18-31,33,39-41,43-44H,14-17H2,1-13H3/t18-,19-,20+,21?,22-,23+,24+,25-,26+,27-,28?,29-,30+,31-,33+,34-,35-,36-,37-/m1/s1. The number of methoxy groups -OCH3 is 1. The number of carbonyl (C=O) groups is 1. The largest absolute Gasteiger partial charge is 0.459 e. The summed E-state index contributed by atoms with van der Waals surface area (Å²) in [6.07, 6.45) is -8.52. The molecule has 0 aromatic carbocycles. The summed E-state index contributed by atoms with van der Waals surface area (Å²) in [7, 11) is 5.24. The molecule has 2 unspecified atom stereocenters. The minimum absolute atomic E-state index is 0.0707. The highest BCUT2D eigenvalue weighted by Gasteiger charge is 2.64. The van der Waals surface area contributed by atoms with Crippen molar-refractivity contribution >= 4 is 5.97 Å². The van der Waals surface area contributed by atoms with Gasteiger partial charge in [-0.05, 0) is 74.9 Å². The van der Waals surface area contributed by atoms with Gasteiger partial charge in [0.2, 0.25) is 0 Å². The first-order valence-corrected chi connectivity index (χ1v) is 18.7. The minimum atomic E-state index is -1.91. The molecular weight excluding hydrogens is 666 g/mol. The fraction of sp³-hybridized carbons (Fsp3) is 0.973. The van der Waals surface area contributed by atoms with Crippen molar-refractivity contribution in [3.63, 3.8) is 0 Å². The molecule has 19 atom stereocenters. The SMILES string of the molecule is CC[C@H]1OC(=O)C(C)C(O[C@H]2C[C@@](C)(OC)[C@@H](O)[C@H](C)O2)[C@H](C)[C@@H](O[C@@H]2O[C@H](C)C[C@H](N(C)C)[C@H]2O)[C@](C)(O)C[C@@H](C)[C@@]2(O)O[C@@]1(C)[C@H](O)[C@H]2C. The van der Waals surface area contributed by atoms with E-state index in [9.17, 15) is 30.3 Å². The van der Waals surface area contributed by atoms with Crippen LogP contribution < -0.4 is 0 Å². The van der Waals surface area contributed by atoms with Crippen molar-refractivity contribution in [3.05, 3.63) is 0 Å². The molecule has 0 spiro atoms. The first-order chi connectivity index (χ1) is 23.5. The number of carbonyl (C=O) groups excluding carboxylic acids is 1. The summed E-state index contributed by atoms with van der Waals surface area (Å²) >= 11 is 0. The van der Waals surface area contributed by atoms with Crippen LogP contribution in [-0.2, 0) is 38.0 Å². The van der Waals surface area contributed by atoms with E-state index < -0.39 is 108 Å². The summed E-state index contributed by atoms with van der Waals surface area (Å²) < 4.78 is 43.9. The molecule has 0 aromatic heterocycles. The van der Waals surface area contributed by atoms with Crippen molar-refractivity contribution in [1.82, 2.24) is 4.90 Å². The van der Waals surface area contributed by atoms with Gasteiger partial charge in [0.05, 0.1) is 47.6 Å². The molecule has 4 heterocycles. The zero-order valence-corrected chi connectivity index (χ0v) is 32.9. The number of hydrogen-bond donors (Lipinski definition) is 5. The molecule has 0 radical (unpaired) electrons. The number of cyclic esters (lactones) is 1. The Hall–Kier alpha value is -1.01. The molecule has 0 saturated carbocycles. The number of ether oxygens (including phenoxy) is 7. The van der Waals surface area contributed by atoms with Gasteiger partial charge in [-0.15, -0.1) is 0 Å². The summed E-state index contributed by atoms with van der Waals surface area (Å²) in [6, 6.07) is -0.303. The van der Waals surface area contributed by atoms with Gasteiger partial charge in [0.1, 0.15) is 23.9 Å². The summed E-state index contributed by atoms with van der Waals surface area (Å²) in [5.41, 5.74) is -4.24. The average Bonchev–Trinajstić information content (AvgIpc) is 3.24. The highest BCUT2D eigenvalue weighted by atomic mass is 16.7. The third kappa shape index (κ3) is 8.04. The summed E-state index contributed by atoms with van der Waals surface area (Å²) in [4.78, 5) is 16.1. The molecule has 0 aliphatic carbocycles. The van der Waals surface area contributed by atoms with Crippen LogP contribution in [0.2, 0.25) is 0 Å². The van der Waals surface area contributed by atoms with Gasteiger partial charge in [-0.1, -0.05) is 27.7 Å². The van der Waals surface area contributed by atoms with E-state index in [1.165, 1.54) is 7.11 Å². The Balaban J connectivity index is 1.84. The molecule has 4 aliphatic rings. The molecule has 4 aliphatic heterocycles. The quantitative estimate of drug-likeness (QED) is 0.239. The summed E-state index contributed by atoms with van der Waals surface area (Å²) in [5, 5.41) is 58.7. The number of fused-ring (bicyclic) bond motifs is 2. The van der Waals surface area contributed by atoms with Crippen molar-refractivity contribution in [3.8, 4) is 0 Å². The van der Waals surface area contributed by atoms with Crippen molar-refractivity contribution < 1.29 is 63.5 Å². The molecule has 0 amide bonds. The van der Waals surface area contributed by atoms with Crippen LogP contribution in [0.15, 0.2) is 0 Å². The number of aliphatic hydroxyl groups excluding tert-OH is 3. The van der Waals surface area contributed by atoms with Crippen molar-refractivity contribution in [1.29, 1.82) is 0 Å². The molecule has 0 aromatic rings. The topological polar surface area (TPSA) is 186 Å². The Kier molecular flexibility index (Phi) is 13.1. The fourth-order valence-electron chi connectivity index (χ4n) is 9.18. The normalized spacial score (nSPS) is 53.2. The van der Waals surface area contributed by atoms with Gasteiger partial charge in [-0.3, -0.25) is 4.79 Å². The monoisotopic (exact) mass is 733 g/mol. The van der Waals surface area contributed by atoms with E-state index in [4.69, 9.17) is 33.2 Å². The lowest BCUT2D eigenvalue weighted by atomic mass is 9.74. The Morgan fingerprint density at radius 3 is 2.12 bits per heavy atom. The fourth-order valence-corrected chi connectivity index (χ4v) is 9.18. The second kappa shape index (κ2) is 15.6. The Bertz CT molecular complexity index is 1190. The number of aliphatic hydroxyl groups is 5. The van der Waals surface area contributed by atoms with Gasteiger partial charge < -0.3 is 63.6 Å². The van der Waals surface area contributed by atoms with E-state index in [0.717, 1.165) is 0 Å². The predicted molar refractivity (Wildman–Crippen MR) is 185 cm³/mol.